The molecule has 0 N–H and O–H groups in total. The van der Waals surface area contributed by atoms with Crippen LogP contribution in [-0.2, 0) is 0 Å². The standard InChI is InChI=1S/C62H40N4S/c1-6-18-41(19-7-1)50-38-51(42-20-8-2-9-21-42)40-52(39-50)58-55(56-53-28-16-17-29-54(53)63-57(59(56)67-58)46-22-10-3-11-23-46)45-34-30-43(31-35-45)44-32-36-49(37-33-44)62-65-60(47-24-12-4-13-25-47)64-61(66-62)48-26-14-5-15-27-48/h1-40H. The summed E-state index contributed by atoms with van der Waals surface area (Å²) in [5, 5.41) is 2.36. The first-order valence-electron chi connectivity index (χ1n) is 22.5. The maximum absolute atomic E-state index is 5.37. The number of thiophene rings is 1. The molecular formula is C62H40N4S. The molecule has 4 nitrogen and oxygen atoms in total. The predicted octanol–water partition coefficient (Wildman–Crippen LogP) is 16.6. The molecule has 3 heterocycles. The van der Waals surface area contributed by atoms with E-state index in [4.69, 9.17) is 19.9 Å². The summed E-state index contributed by atoms with van der Waals surface area (Å²) in [7, 11) is 0. The predicted molar refractivity (Wildman–Crippen MR) is 279 cm³/mol. The normalized spacial score (nSPS) is 11.3. The molecule has 314 valence electrons. The molecule has 67 heavy (non-hydrogen) atoms. The van der Waals surface area contributed by atoms with Gasteiger partial charge in [0.25, 0.3) is 0 Å². The first-order valence-corrected chi connectivity index (χ1v) is 23.3. The maximum atomic E-state index is 5.37. The molecule has 5 heteroatoms. The number of aromatic nitrogens is 4. The lowest BCUT2D eigenvalue weighted by Crippen LogP contribution is -2.00. The summed E-state index contributed by atoms with van der Waals surface area (Å²) >= 11 is 1.84. The van der Waals surface area contributed by atoms with Gasteiger partial charge < -0.3 is 0 Å². The fraction of sp³-hybridized carbons (Fsp3) is 0. The average molecular weight is 873 g/mol. The lowest BCUT2D eigenvalue weighted by atomic mass is 9.91. The zero-order valence-electron chi connectivity index (χ0n) is 36.3. The van der Waals surface area contributed by atoms with Crippen LogP contribution in [0.25, 0.3) is 121 Å². The van der Waals surface area contributed by atoms with Crippen molar-refractivity contribution in [1.82, 2.24) is 19.9 Å². The van der Waals surface area contributed by atoms with Gasteiger partial charge in [0.05, 0.1) is 15.9 Å². The molecule has 0 atom stereocenters. The molecule has 0 unspecified atom stereocenters. The van der Waals surface area contributed by atoms with Crippen LogP contribution in [0.15, 0.2) is 243 Å². The number of fused-ring (bicyclic) bond motifs is 3. The van der Waals surface area contributed by atoms with Crippen LogP contribution in [-0.4, -0.2) is 19.9 Å². The number of benzene rings is 9. The van der Waals surface area contributed by atoms with E-state index in [2.05, 4.69) is 182 Å². The van der Waals surface area contributed by atoms with Crippen molar-refractivity contribution in [2.75, 3.05) is 0 Å². The lowest BCUT2D eigenvalue weighted by molar-refractivity contribution is 1.07. The molecule has 0 aliphatic rings. The molecule has 0 saturated carbocycles. The Bertz CT molecular complexity index is 3570. The van der Waals surface area contributed by atoms with Crippen molar-refractivity contribution >= 4 is 32.3 Å². The van der Waals surface area contributed by atoms with E-state index in [0.29, 0.717) is 17.5 Å². The second-order valence-electron chi connectivity index (χ2n) is 16.6. The van der Waals surface area contributed by atoms with E-state index in [1.54, 1.807) is 0 Å². The van der Waals surface area contributed by atoms with Crippen LogP contribution in [0.2, 0.25) is 0 Å². The molecule has 0 spiro atoms. The summed E-state index contributed by atoms with van der Waals surface area (Å²) in [4.78, 5) is 21.4. The Balaban J connectivity index is 1.00. The number of pyridine rings is 1. The third-order valence-electron chi connectivity index (χ3n) is 12.3. The average Bonchev–Trinajstić information content (AvgIpc) is 3.83. The monoisotopic (exact) mass is 872 g/mol. The summed E-state index contributed by atoms with van der Waals surface area (Å²) in [6.07, 6.45) is 0. The quantitative estimate of drug-likeness (QED) is 0.145. The van der Waals surface area contributed by atoms with Gasteiger partial charge in [0.15, 0.2) is 17.5 Å². The van der Waals surface area contributed by atoms with Crippen LogP contribution in [0.4, 0.5) is 0 Å². The van der Waals surface area contributed by atoms with Gasteiger partial charge >= 0.3 is 0 Å². The Kier molecular flexibility index (Phi) is 10.4. The second kappa shape index (κ2) is 17.4. The van der Waals surface area contributed by atoms with Gasteiger partial charge in [-0.15, -0.1) is 11.3 Å². The Morgan fingerprint density at radius 2 is 0.627 bits per heavy atom. The van der Waals surface area contributed by atoms with Crippen molar-refractivity contribution in [2.24, 2.45) is 0 Å². The molecule has 9 aromatic carbocycles. The van der Waals surface area contributed by atoms with E-state index >= 15 is 0 Å². The summed E-state index contributed by atoms with van der Waals surface area (Å²) in [6.45, 7) is 0. The largest absolute Gasteiger partial charge is 0.246 e. The molecule has 0 saturated heterocycles. The molecule has 0 aliphatic heterocycles. The highest BCUT2D eigenvalue weighted by Crippen LogP contribution is 2.51. The SMILES string of the molecule is c1ccc(-c2cc(-c3ccccc3)cc(-c3sc4c(-c5ccccc5)nc5ccccc5c4c3-c3ccc(-c4ccc(-c5nc(-c6ccccc6)nc(-c6ccccc6)n5)cc4)cc3)c2)cc1. The Hall–Kier alpha value is -8.64. The van der Waals surface area contributed by atoms with Crippen molar-refractivity contribution in [3.05, 3.63) is 243 Å². The molecule has 0 aliphatic carbocycles. The van der Waals surface area contributed by atoms with E-state index in [0.717, 1.165) is 55.5 Å². The van der Waals surface area contributed by atoms with Crippen LogP contribution in [0, 0.1) is 0 Å². The summed E-state index contributed by atoms with van der Waals surface area (Å²) in [6, 6.07) is 85.5. The molecule has 0 amide bonds. The van der Waals surface area contributed by atoms with E-state index in [9.17, 15) is 0 Å². The molecule has 0 fully saturated rings. The van der Waals surface area contributed by atoms with E-state index in [1.165, 1.54) is 48.3 Å². The van der Waals surface area contributed by atoms with Gasteiger partial charge in [-0.05, 0) is 68.8 Å². The number of para-hydroxylation sites is 1. The Labute approximate surface area is 393 Å². The first kappa shape index (κ1) is 39.9. The summed E-state index contributed by atoms with van der Waals surface area (Å²) < 4.78 is 1.17. The van der Waals surface area contributed by atoms with Crippen molar-refractivity contribution in [2.45, 2.75) is 0 Å². The minimum atomic E-state index is 0.634. The van der Waals surface area contributed by atoms with Crippen LogP contribution in [0.5, 0.6) is 0 Å². The molecule has 12 aromatic rings. The second-order valence-corrected chi connectivity index (χ2v) is 17.6. The molecule has 3 aromatic heterocycles. The van der Waals surface area contributed by atoms with E-state index < -0.39 is 0 Å². The Morgan fingerprint density at radius 1 is 0.269 bits per heavy atom. The van der Waals surface area contributed by atoms with Gasteiger partial charge in [-0.2, -0.15) is 0 Å². The minimum Gasteiger partial charge on any atom is -0.246 e. The Morgan fingerprint density at radius 3 is 1.12 bits per heavy atom. The van der Waals surface area contributed by atoms with Gasteiger partial charge in [-0.1, -0.05) is 218 Å². The fourth-order valence-corrected chi connectivity index (χ4v) is 10.3. The number of rotatable bonds is 9. The highest BCUT2D eigenvalue weighted by molar-refractivity contribution is 7.23. The molecule has 12 rings (SSSR count). The molecule has 0 radical (unpaired) electrons. The van der Waals surface area contributed by atoms with E-state index in [1.807, 2.05) is 72.0 Å². The zero-order chi connectivity index (χ0) is 44.5. The molecule has 0 bridgehead atoms. The maximum Gasteiger partial charge on any atom is 0.164 e. The molecular weight excluding hydrogens is 833 g/mol. The number of hydrogen-bond donors (Lipinski definition) is 0. The lowest BCUT2D eigenvalue weighted by Gasteiger charge is -2.13. The van der Waals surface area contributed by atoms with Crippen molar-refractivity contribution < 1.29 is 0 Å². The van der Waals surface area contributed by atoms with Crippen LogP contribution >= 0.6 is 11.3 Å². The van der Waals surface area contributed by atoms with Gasteiger partial charge in [0.2, 0.25) is 0 Å². The highest BCUT2D eigenvalue weighted by Gasteiger charge is 2.23. The topological polar surface area (TPSA) is 51.6 Å². The summed E-state index contributed by atoms with van der Waals surface area (Å²) in [5.41, 5.74) is 16.4. The zero-order valence-corrected chi connectivity index (χ0v) is 37.1. The third kappa shape index (κ3) is 7.78. The first-order chi connectivity index (χ1) is 33.2. The van der Waals surface area contributed by atoms with Crippen LogP contribution < -0.4 is 0 Å². The van der Waals surface area contributed by atoms with Gasteiger partial charge in [0.1, 0.15) is 0 Å². The van der Waals surface area contributed by atoms with E-state index in [-0.39, 0.29) is 0 Å². The highest BCUT2D eigenvalue weighted by atomic mass is 32.1. The third-order valence-corrected chi connectivity index (χ3v) is 13.6. The van der Waals surface area contributed by atoms with Gasteiger partial charge in [0, 0.05) is 43.5 Å². The number of hydrogen-bond acceptors (Lipinski definition) is 5. The van der Waals surface area contributed by atoms with Gasteiger partial charge in [-0.25, -0.2) is 19.9 Å². The minimum absolute atomic E-state index is 0.634. The smallest absolute Gasteiger partial charge is 0.164 e. The summed E-state index contributed by atoms with van der Waals surface area (Å²) in [5.74, 6) is 1.92. The van der Waals surface area contributed by atoms with Crippen molar-refractivity contribution in [1.29, 1.82) is 0 Å². The van der Waals surface area contributed by atoms with Gasteiger partial charge in [-0.3, -0.25) is 0 Å². The number of nitrogens with zero attached hydrogens (tertiary/aromatic N) is 4. The van der Waals surface area contributed by atoms with Crippen molar-refractivity contribution in [3.63, 3.8) is 0 Å². The van der Waals surface area contributed by atoms with Crippen LogP contribution in [0.3, 0.4) is 0 Å². The van der Waals surface area contributed by atoms with Crippen molar-refractivity contribution in [3.8, 4) is 100 Å². The van der Waals surface area contributed by atoms with Crippen LogP contribution in [0.1, 0.15) is 0 Å². The fourth-order valence-electron chi connectivity index (χ4n) is 9.01.